The molecule has 3 amide bonds. The Morgan fingerprint density at radius 1 is 1.03 bits per heavy atom. The Bertz CT molecular complexity index is 1060. The molecular formula is C21H21F3N4O2. The molecule has 30 heavy (non-hydrogen) atoms. The Labute approximate surface area is 170 Å². The number of aromatic nitrogens is 1. The van der Waals surface area contributed by atoms with Crippen molar-refractivity contribution >= 4 is 22.8 Å². The molecule has 0 atom stereocenters. The fraction of sp³-hybridized carbons (Fsp3) is 0.238. The molecule has 6 N–H and O–H groups in total. The highest BCUT2D eigenvalue weighted by molar-refractivity contribution is 5.92. The molecule has 0 unspecified atom stereocenters. The molecule has 3 aromatic rings. The van der Waals surface area contributed by atoms with Crippen LogP contribution in [0.25, 0.3) is 22.2 Å². The third-order valence-electron chi connectivity index (χ3n) is 4.95. The largest absolute Gasteiger partial charge is 0.368 e. The molecule has 6 nitrogen and oxygen atoms in total. The molecule has 2 aromatic carbocycles. The van der Waals surface area contributed by atoms with Gasteiger partial charge in [0.15, 0.2) is 0 Å². The summed E-state index contributed by atoms with van der Waals surface area (Å²) in [6.07, 6.45) is 3.15. The monoisotopic (exact) mass is 418 g/mol. The number of hydrogen-bond acceptors (Lipinski definition) is 2. The molecule has 0 aliphatic heterocycles. The van der Waals surface area contributed by atoms with Gasteiger partial charge in [0.25, 0.3) is 0 Å². The maximum atomic E-state index is 14.1. The molecule has 0 radical (unpaired) electrons. The van der Waals surface area contributed by atoms with E-state index in [-0.39, 0.29) is 12.4 Å². The Hall–Kier alpha value is -3.49. The third kappa shape index (κ3) is 4.73. The van der Waals surface area contributed by atoms with Gasteiger partial charge in [-0.1, -0.05) is 6.42 Å². The van der Waals surface area contributed by atoms with Gasteiger partial charge < -0.3 is 21.8 Å². The van der Waals surface area contributed by atoms with E-state index in [4.69, 9.17) is 0 Å². The third-order valence-corrected chi connectivity index (χ3v) is 4.95. The number of halogens is 3. The topological polar surface area (TPSA) is 114 Å². The number of amides is 3. The number of hydrogen-bond donors (Lipinski definition) is 4. The van der Waals surface area contributed by atoms with Crippen LogP contribution in [-0.4, -0.2) is 23.5 Å². The number of benzene rings is 2. The molecule has 9 heteroatoms. The number of aromatic amines is 1. The van der Waals surface area contributed by atoms with E-state index in [0.29, 0.717) is 16.8 Å². The molecule has 0 saturated heterocycles. The Morgan fingerprint density at radius 2 is 1.70 bits per heavy atom. The van der Waals surface area contributed by atoms with E-state index in [1.54, 1.807) is 12.1 Å². The Kier molecular flexibility index (Phi) is 6.29. The lowest BCUT2D eigenvalue weighted by Gasteiger charge is -2.26. The number of urea groups is 1. The fourth-order valence-corrected chi connectivity index (χ4v) is 3.38. The number of carbonyl (C=O) groups excluding carboxylic acids is 2. The number of nitrogens with one attached hydrogen (secondary N) is 2. The minimum Gasteiger partial charge on any atom is -0.368 e. The highest BCUT2D eigenvalue weighted by Gasteiger charge is 2.27. The number of rotatable bonds is 4. The first-order valence-corrected chi connectivity index (χ1v) is 9.34. The van der Waals surface area contributed by atoms with Crippen molar-refractivity contribution in [2.75, 3.05) is 6.54 Å². The second-order valence-corrected chi connectivity index (χ2v) is 7.04. The van der Waals surface area contributed by atoms with Crippen LogP contribution < -0.4 is 16.8 Å². The average Bonchev–Trinajstić information content (AvgIpc) is 2.99. The zero-order valence-corrected chi connectivity index (χ0v) is 16.0. The molecule has 1 fully saturated rings. The van der Waals surface area contributed by atoms with Gasteiger partial charge in [-0.05, 0) is 60.2 Å². The maximum absolute atomic E-state index is 14.1. The van der Waals surface area contributed by atoms with Gasteiger partial charge >= 0.3 is 6.03 Å². The van der Waals surface area contributed by atoms with Gasteiger partial charge in [-0.3, -0.25) is 4.79 Å². The smallest absolute Gasteiger partial charge is 0.312 e. The van der Waals surface area contributed by atoms with Gasteiger partial charge in [-0.15, -0.1) is 0 Å². The van der Waals surface area contributed by atoms with Crippen LogP contribution in [0.4, 0.5) is 18.0 Å². The van der Waals surface area contributed by atoms with E-state index >= 15 is 0 Å². The first-order valence-electron chi connectivity index (χ1n) is 9.34. The van der Waals surface area contributed by atoms with Crippen molar-refractivity contribution < 1.29 is 22.8 Å². The van der Waals surface area contributed by atoms with Crippen LogP contribution in [0, 0.1) is 17.5 Å². The lowest BCUT2D eigenvalue weighted by molar-refractivity contribution is -0.117. The highest BCUT2D eigenvalue weighted by atomic mass is 19.1. The summed E-state index contributed by atoms with van der Waals surface area (Å²) < 4.78 is 40.8. The number of fused-ring (bicyclic) bond motifs is 1. The summed E-state index contributed by atoms with van der Waals surface area (Å²) in [5.74, 6) is -1.79. The van der Waals surface area contributed by atoms with E-state index in [1.165, 1.54) is 18.2 Å². The number of carbonyl (C=O) groups is 2. The molecule has 0 bridgehead atoms. The Morgan fingerprint density at radius 3 is 2.20 bits per heavy atom. The van der Waals surface area contributed by atoms with E-state index in [0.717, 1.165) is 42.1 Å². The van der Waals surface area contributed by atoms with Gasteiger partial charge in [-0.2, -0.15) is 0 Å². The van der Waals surface area contributed by atoms with Gasteiger partial charge in [-0.25, -0.2) is 18.0 Å². The lowest BCUT2D eigenvalue weighted by atomic mass is 9.78. The standard InChI is InChI=1S/C18H14F3N.C3H7N3O2/c19-12-6-4-11(5-7-12)17-16(10-2-1-3-10)14-8-13(20)9-15(21)18(14)22-17;4-2(7)1-6-3(5)8/h4-10,22H,1-3H2;1H2,(H2,4,7)(H3,5,6,8). The SMILES string of the molecule is Fc1ccc(-c2[nH]c3c(F)cc(F)cc3c2C2CCC2)cc1.NC(=O)CNC(N)=O. The quantitative estimate of drug-likeness (QED) is 0.518. The van der Waals surface area contributed by atoms with Crippen molar-refractivity contribution in [1.29, 1.82) is 0 Å². The van der Waals surface area contributed by atoms with Crippen molar-refractivity contribution in [3.63, 3.8) is 0 Å². The summed E-state index contributed by atoms with van der Waals surface area (Å²) in [7, 11) is 0. The molecule has 0 spiro atoms. The molecule has 1 saturated carbocycles. The summed E-state index contributed by atoms with van der Waals surface area (Å²) in [6.45, 7) is -0.199. The van der Waals surface area contributed by atoms with Gasteiger partial charge in [0.05, 0.1) is 17.8 Å². The van der Waals surface area contributed by atoms with Crippen molar-refractivity contribution in [2.45, 2.75) is 25.2 Å². The molecule has 1 aromatic heterocycles. The van der Waals surface area contributed by atoms with Crippen LogP contribution in [0.5, 0.6) is 0 Å². The number of nitrogens with two attached hydrogens (primary N) is 2. The van der Waals surface area contributed by atoms with Crippen molar-refractivity contribution in [3.8, 4) is 11.3 Å². The maximum Gasteiger partial charge on any atom is 0.312 e. The summed E-state index contributed by atoms with van der Waals surface area (Å²) in [5.41, 5.74) is 12.0. The van der Waals surface area contributed by atoms with Crippen molar-refractivity contribution in [2.24, 2.45) is 11.5 Å². The van der Waals surface area contributed by atoms with Gasteiger partial charge in [0, 0.05) is 11.5 Å². The van der Waals surface area contributed by atoms with Crippen molar-refractivity contribution in [1.82, 2.24) is 10.3 Å². The van der Waals surface area contributed by atoms with E-state index < -0.39 is 23.6 Å². The molecule has 1 aliphatic rings. The first-order chi connectivity index (χ1) is 14.3. The normalized spacial score (nSPS) is 13.3. The van der Waals surface area contributed by atoms with Crippen LogP contribution in [0.1, 0.15) is 30.7 Å². The minimum absolute atomic E-state index is 0.199. The zero-order valence-electron chi connectivity index (χ0n) is 16.0. The average molecular weight is 418 g/mol. The summed E-state index contributed by atoms with van der Waals surface area (Å²) in [6, 6.07) is 7.61. The number of H-pyrrole nitrogens is 1. The molecule has 1 aliphatic carbocycles. The van der Waals surface area contributed by atoms with E-state index in [9.17, 15) is 22.8 Å². The molecule has 158 valence electrons. The van der Waals surface area contributed by atoms with Crippen LogP contribution in [0.2, 0.25) is 0 Å². The van der Waals surface area contributed by atoms with Crippen LogP contribution in [0.3, 0.4) is 0 Å². The highest BCUT2D eigenvalue weighted by Crippen LogP contribution is 2.45. The fourth-order valence-electron chi connectivity index (χ4n) is 3.38. The zero-order chi connectivity index (χ0) is 21.8. The second-order valence-electron chi connectivity index (χ2n) is 7.04. The summed E-state index contributed by atoms with van der Waals surface area (Å²) >= 11 is 0. The second kappa shape index (κ2) is 8.89. The predicted octanol–water partition coefficient (Wildman–Crippen LogP) is 3.66. The predicted molar refractivity (Wildman–Crippen MR) is 107 cm³/mol. The van der Waals surface area contributed by atoms with Crippen molar-refractivity contribution in [3.05, 3.63) is 59.4 Å². The minimum atomic E-state index is -0.746. The van der Waals surface area contributed by atoms with Gasteiger partial charge in [0.1, 0.15) is 17.5 Å². The van der Waals surface area contributed by atoms with E-state index in [1.807, 2.05) is 5.32 Å². The molecule has 4 rings (SSSR count). The molecule has 1 heterocycles. The van der Waals surface area contributed by atoms with Crippen LogP contribution in [-0.2, 0) is 4.79 Å². The number of primary amides is 2. The van der Waals surface area contributed by atoms with Crippen LogP contribution >= 0.6 is 0 Å². The lowest BCUT2D eigenvalue weighted by Crippen LogP contribution is -2.36. The Balaban J connectivity index is 0.000000275. The van der Waals surface area contributed by atoms with Gasteiger partial charge in [0.2, 0.25) is 5.91 Å². The summed E-state index contributed by atoms with van der Waals surface area (Å²) in [5, 5.41) is 2.61. The first kappa shape index (κ1) is 21.2. The summed E-state index contributed by atoms with van der Waals surface area (Å²) in [4.78, 5) is 22.7. The van der Waals surface area contributed by atoms with Crippen LogP contribution in [0.15, 0.2) is 36.4 Å². The van der Waals surface area contributed by atoms with E-state index in [2.05, 4.69) is 16.5 Å². The molecular weight excluding hydrogens is 397 g/mol.